The van der Waals surface area contributed by atoms with Gasteiger partial charge in [0.05, 0.1) is 12.6 Å². The topological polar surface area (TPSA) is 91.5 Å². The van der Waals surface area contributed by atoms with Crippen molar-refractivity contribution in [3.63, 3.8) is 0 Å². The van der Waals surface area contributed by atoms with Gasteiger partial charge in [0.1, 0.15) is 0 Å². The Kier molecular flexibility index (Phi) is 5.10. The maximum absolute atomic E-state index is 12.6. The Hall–Kier alpha value is -2.41. The van der Waals surface area contributed by atoms with Gasteiger partial charge in [0.15, 0.2) is 5.82 Å². The number of aliphatic hydroxyl groups is 1. The third kappa shape index (κ3) is 3.56. The van der Waals surface area contributed by atoms with Gasteiger partial charge in [-0.15, -0.1) is 0 Å². The lowest BCUT2D eigenvalue weighted by atomic mass is 10.1. The summed E-state index contributed by atoms with van der Waals surface area (Å²) in [7, 11) is 0. The number of rotatable bonds is 6. The number of urea groups is 1. The Bertz CT molecular complexity index is 701. The SMILES string of the molecule is Cc1noc(CCNC(=O)N(CCO)C2CCc3ccccc32)n1. The van der Waals surface area contributed by atoms with Crippen molar-refractivity contribution in [3.05, 3.63) is 47.1 Å². The van der Waals surface area contributed by atoms with Gasteiger partial charge in [-0.25, -0.2) is 4.79 Å². The Balaban J connectivity index is 1.61. The minimum Gasteiger partial charge on any atom is -0.395 e. The van der Waals surface area contributed by atoms with E-state index in [1.807, 2.05) is 12.1 Å². The number of hydrogen-bond acceptors (Lipinski definition) is 5. The first-order valence-electron chi connectivity index (χ1n) is 8.21. The third-order valence-corrected chi connectivity index (χ3v) is 4.26. The molecule has 128 valence electrons. The van der Waals surface area contributed by atoms with Crippen molar-refractivity contribution in [1.82, 2.24) is 20.4 Å². The summed E-state index contributed by atoms with van der Waals surface area (Å²) in [5, 5.41) is 16.0. The molecule has 0 aliphatic heterocycles. The molecule has 1 aromatic heterocycles. The number of hydrogen-bond donors (Lipinski definition) is 2. The molecular formula is C17H22N4O3. The molecular weight excluding hydrogens is 308 g/mol. The van der Waals surface area contributed by atoms with Crippen LogP contribution in [0.4, 0.5) is 4.79 Å². The quantitative estimate of drug-likeness (QED) is 0.839. The van der Waals surface area contributed by atoms with Gasteiger partial charge in [-0.2, -0.15) is 4.98 Å². The molecule has 0 fully saturated rings. The van der Waals surface area contributed by atoms with E-state index in [4.69, 9.17) is 4.52 Å². The van der Waals surface area contributed by atoms with E-state index < -0.39 is 0 Å². The predicted octanol–water partition coefficient (Wildman–Crippen LogP) is 1.61. The maximum Gasteiger partial charge on any atom is 0.318 e. The van der Waals surface area contributed by atoms with Crippen LogP contribution in [-0.2, 0) is 12.8 Å². The van der Waals surface area contributed by atoms with Crippen molar-refractivity contribution in [2.45, 2.75) is 32.2 Å². The van der Waals surface area contributed by atoms with Gasteiger partial charge in [-0.05, 0) is 30.9 Å². The average molecular weight is 330 g/mol. The highest BCUT2D eigenvalue weighted by Crippen LogP contribution is 2.35. The van der Waals surface area contributed by atoms with Crippen LogP contribution in [0.5, 0.6) is 0 Å². The van der Waals surface area contributed by atoms with Crippen molar-refractivity contribution in [2.24, 2.45) is 0 Å². The van der Waals surface area contributed by atoms with E-state index in [9.17, 15) is 9.90 Å². The summed E-state index contributed by atoms with van der Waals surface area (Å²) in [5.74, 6) is 1.09. The first-order valence-corrected chi connectivity index (χ1v) is 8.21. The fourth-order valence-corrected chi connectivity index (χ4v) is 3.18. The molecule has 1 aliphatic carbocycles. The minimum atomic E-state index is -0.179. The highest BCUT2D eigenvalue weighted by molar-refractivity contribution is 5.75. The van der Waals surface area contributed by atoms with Crippen LogP contribution in [-0.4, -0.2) is 45.9 Å². The van der Waals surface area contributed by atoms with Gasteiger partial charge in [0, 0.05) is 19.5 Å². The van der Waals surface area contributed by atoms with Gasteiger partial charge in [-0.1, -0.05) is 29.4 Å². The van der Waals surface area contributed by atoms with Gasteiger partial charge in [0.2, 0.25) is 5.89 Å². The maximum atomic E-state index is 12.6. The van der Waals surface area contributed by atoms with Crippen LogP contribution in [0.1, 0.15) is 35.3 Å². The van der Waals surface area contributed by atoms with Crippen LogP contribution in [0, 0.1) is 6.92 Å². The number of nitrogens with one attached hydrogen (secondary N) is 1. The van der Waals surface area contributed by atoms with Crippen LogP contribution in [0.2, 0.25) is 0 Å². The number of aromatic nitrogens is 2. The molecule has 1 aliphatic rings. The van der Waals surface area contributed by atoms with Crippen molar-refractivity contribution in [1.29, 1.82) is 0 Å². The zero-order chi connectivity index (χ0) is 16.9. The highest BCUT2D eigenvalue weighted by atomic mass is 16.5. The lowest BCUT2D eigenvalue weighted by Gasteiger charge is -2.29. The second-order valence-electron chi connectivity index (χ2n) is 5.89. The zero-order valence-corrected chi connectivity index (χ0v) is 13.7. The first kappa shape index (κ1) is 16.4. The van der Waals surface area contributed by atoms with Gasteiger partial charge in [0.25, 0.3) is 0 Å². The monoisotopic (exact) mass is 330 g/mol. The molecule has 0 saturated carbocycles. The van der Waals surface area contributed by atoms with Crippen molar-refractivity contribution in [2.75, 3.05) is 19.7 Å². The molecule has 24 heavy (non-hydrogen) atoms. The van der Waals surface area contributed by atoms with Crippen LogP contribution in [0.15, 0.2) is 28.8 Å². The largest absolute Gasteiger partial charge is 0.395 e. The number of carbonyl (C=O) groups excluding carboxylic acids is 1. The summed E-state index contributed by atoms with van der Waals surface area (Å²) in [6.07, 6.45) is 2.33. The molecule has 7 heteroatoms. The number of amides is 2. The van der Waals surface area contributed by atoms with E-state index in [-0.39, 0.29) is 18.7 Å². The fourth-order valence-electron chi connectivity index (χ4n) is 3.18. The molecule has 7 nitrogen and oxygen atoms in total. The van der Waals surface area contributed by atoms with Gasteiger partial charge < -0.3 is 19.8 Å². The Morgan fingerprint density at radius 3 is 3.04 bits per heavy atom. The van der Waals surface area contributed by atoms with Gasteiger partial charge in [-0.3, -0.25) is 0 Å². The number of fused-ring (bicyclic) bond motifs is 1. The normalized spacial score (nSPS) is 16.0. The second kappa shape index (κ2) is 7.44. The van der Waals surface area contributed by atoms with E-state index in [1.165, 1.54) is 11.1 Å². The molecule has 1 aromatic carbocycles. The van der Waals surface area contributed by atoms with Crippen LogP contribution >= 0.6 is 0 Å². The number of aryl methyl sites for hydroxylation is 2. The third-order valence-electron chi connectivity index (χ3n) is 4.26. The molecule has 0 saturated heterocycles. The molecule has 1 atom stereocenters. The molecule has 0 bridgehead atoms. The van der Waals surface area contributed by atoms with E-state index in [0.29, 0.717) is 31.2 Å². The highest BCUT2D eigenvalue weighted by Gasteiger charge is 2.30. The summed E-state index contributed by atoms with van der Waals surface area (Å²) < 4.78 is 5.03. The molecule has 0 radical (unpaired) electrons. The zero-order valence-electron chi connectivity index (χ0n) is 13.7. The standard InChI is InChI=1S/C17H22N4O3/c1-12-19-16(24-20-12)8-9-18-17(23)21(10-11-22)15-7-6-13-4-2-3-5-14(13)15/h2-5,15,22H,6-11H2,1H3,(H,18,23). The lowest BCUT2D eigenvalue weighted by molar-refractivity contribution is 0.151. The Morgan fingerprint density at radius 1 is 1.46 bits per heavy atom. The van der Waals surface area contributed by atoms with E-state index in [0.717, 1.165) is 12.8 Å². The summed E-state index contributed by atoms with van der Waals surface area (Å²) in [4.78, 5) is 18.4. The average Bonchev–Trinajstić information content (AvgIpc) is 3.19. The Labute approximate surface area is 140 Å². The summed E-state index contributed by atoms with van der Waals surface area (Å²) in [5.41, 5.74) is 2.45. The van der Waals surface area contributed by atoms with Gasteiger partial charge >= 0.3 is 6.03 Å². The van der Waals surface area contributed by atoms with Crippen LogP contribution in [0.25, 0.3) is 0 Å². The summed E-state index contributed by atoms with van der Waals surface area (Å²) >= 11 is 0. The lowest BCUT2D eigenvalue weighted by Crippen LogP contribution is -2.43. The molecule has 0 spiro atoms. The van der Waals surface area contributed by atoms with Crippen LogP contribution in [0.3, 0.4) is 0 Å². The smallest absolute Gasteiger partial charge is 0.318 e. The molecule has 1 unspecified atom stereocenters. The summed E-state index contributed by atoms with van der Waals surface area (Å²) in [6, 6.07) is 8.00. The molecule has 3 rings (SSSR count). The van der Waals surface area contributed by atoms with E-state index >= 15 is 0 Å². The van der Waals surface area contributed by atoms with E-state index in [2.05, 4.69) is 27.6 Å². The number of carbonyl (C=O) groups is 1. The van der Waals surface area contributed by atoms with E-state index in [1.54, 1.807) is 11.8 Å². The minimum absolute atomic E-state index is 0.0130. The first-order chi connectivity index (χ1) is 11.7. The van der Waals surface area contributed by atoms with Crippen molar-refractivity contribution in [3.8, 4) is 0 Å². The second-order valence-corrected chi connectivity index (χ2v) is 5.89. The van der Waals surface area contributed by atoms with Crippen molar-refractivity contribution >= 4 is 6.03 Å². The fraction of sp³-hybridized carbons (Fsp3) is 0.471. The van der Waals surface area contributed by atoms with Crippen LogP contribution < -0.4 is 5.32 Å². The number of nitrogens with zero attached hydrogens (tertiary/aromatic N) is 3. The number of benzene rings is 1. The van der Waals surface area contributed by atoms with Crippen molar-refractivity contribution < 1.29 is 14.4 Å². The Morgan fingerprint density at radius 2 is 2.29 bits per heavy atom. The summed E-state index contributed by atoms with van der Waals surface area (Å²) in [6.45, 7) is 2.42. The molecule has 2 aromatic rings. The number of aliphatic hydroxyl groups excluding tert-OH is 1. The molecule has 2 amide bonds. The molecule has 2 N–H and O–H groups in total. The molecule has 1 heterocycles. The predicted molar refractivity (Wildman–Crippen MR) is 87.4 cm³/mol.